The number of nitrogens with one attached hydrogen (secondary N) is 3. The average molecular weight is 347 g/mol. The standard InChI is InChI=1S/C18H22FN3O3/c1-2-4-16(17(23)20-12-15-5-3-10-25-15)22-18(24)21-11-13-6-8-14(19)9-7-13/h3,5-10,16H,2,4,11-12H2,1H3,(H,20,23)(H2,21,22,24). The van der Waals surface area contributed by atoms with Crippen LogP contribution in [0.15, 0.2) is 47.1 Å². The van der Waals surface area contributed by atoms with E-state index in [9.17, 15) is 14.0 Å². The van der Waals surface area contributed by atoms with Crippen LogP contribution in [0, 0.1) is 5.82 Å². The normalized spacial score (nSPS) is 11.6. The molecule has 2 aromatic rings. The van der Waals surface area contributed by atoms with E-state index in [1.165, 1.54) is 18.4 Å². The van der Waals surface area contributed by atoms with Gasteiger partial charge in [0, 0.05) is 6.54 Å². The highest BCUT2D eigenvalue weighted by Gasteiger charge is 2.19. The Balaban J connectivity index is 1.80. The molecule has 0 aliphatic carbocycles. The highest BCUT2D eigenvalue weighted by Crippen LogP contribution is 2.03. The lowest BCUT2D eigenvalue weighted by molar-refractivity contribution is -0.123. The zero-order valence-electron chi connectivity index (χ0n) is 14.0. The fourth-order valence-electron chi connectivity index (χ4n) is 2.26. The maximum atomic E-state index is 12.9. The molecule has 1 heterocycles. The Morgan fingerprint density at radius 1 is 1.12 bits per heavy atom. The minimum Gasteiger partial charge on any atom is -0.467 e. The van der Waals surface area contributed by atoms with Gasteiger partial charge >= 0.3 is 6.03 Å². The molecule has 0 aliphatic heterocycles. The fraction of sp³-hybridized carbons (Fsp3) is 0.333. The molecule has 1 unspecified atom stereocenters. The first kappa shape index (κ1) is 18.5. The van der Waals surface area contributed by atoms with Gasteiger partial charge in [0.1, 0.15) is 17.6 Å². The van der Waals surface area contributed by atoms with E-state index in [0.717, 1.165) is 12.0 Å². The molecule has 1 aromatic heterocycles. The topological polar surface area (TPSA) is 83.4 Å². The molecule has 0 saturated heterocycles. The van der Waals surface area contributed by atoms with E-state index >= 15 is 0 Å². The first-order valence-corrected chi connectivity index (χ1v) is 8.17. The smallest absolute Gasteiger partial charge is 0.315 e. The summed E-state index contributed by atoms with van der Waals surface area (Å²) in [6, 6.07) is 8.27. The Labute approximate surface area is 145 Å². The van der Waals surface area contributed by atoms with Crippen molar-refractivity contribution in [2.24, 2.45) is 0 Å². The summed E-state index contributed by atoms with van der Waals surface area (Å²) in [5.74, 6) is 0.0454. The molecule has 25 heavy (non-hydrogen) atoms. The van der Waals surface area contributed by atoms with Crippen molar-refractivity contribution >= 4 is 11.9 Å². The van der Waals surface area contributed by atoms with Crippen molar-refractivity contribution in [1.29, 1.82) is 0 Å². The van der Waals surface area contributed by atoms with Crippen molar-refractivity contribution in [2.75, 3.05) is 0 Å². The molecule has 6 nitrogen and oxygen atoms in total. The van der Waals surface area contributed by atoms with Crippen LogP contribution in [0.25, 0.3) is 0 Å². The van der Waals surface area contributed by atoms with Crippen LogP contribution in [0.2, 0.25) is 0 Å². The van der Waals surface area contributed by atoms with Gasteiger partial charge in [-0.05, 0) is 36.2 Å². The highest BCUT2D eigenvalue weighted by atomic mass is 19.1. The van der Waals surface area contributed by atoms with Crippen molar-refractivity contribution < 1.29 is 18.4 Å². The summed E-state index contributed by atoms with van der Waals surface area (Å²) in [4.78, 5) is 24.2. The summed E-state index contributed by atoms with van der Waals surface area (Å²) < 4.78 is 18.0. The maximum Gasteiger partial charge on any atom is 0.315 e. The lowest BCUT2D eigenvalue weighted by atomic mass is 10.1. The third-order valence-corrected chi connectivity index (χ3v) is 3.58. The van der Waals surface area contributed by atoms with E-state index in [-0.39, 0.29) is 24.8 Å². The van der Waals surface area contributed by atoms with E-state index in [1.54, 1.807) is 24.3 Å². The van der Waals surface area contributed by atoms with Crippen molar-refractivity contribution in [1.82, 2.24) is 16.0 Å². The van der Waals surface area contributed by atoms with Gasteiger partial charge in [-0.1, -0.05) is 25.5 Å². The lowest BCUT2D eigenvalue weighted by Crippen LogP contribution is -2.49. The molecule has 0 radical (unpaired) electrons. The van der Waals surface area contributed by atoms with Gasteiger partial charge in [0.2, 0.25) is 5.91 Å². The summed E-state index contributed by atoms with van der Waals surface area (Å²) in [5.41, 5.74) is 0.769. The molecule has 0 saturated carbocycles. The number of urea groups is 1. The first-order valence-electron chi connectivity index (χ1n) is 8.17. The minimum absolute atomic E-state index is 0.249. The van der Waals surface area contributed by atoms with Crippen LogP contribution in [0.3, 0.4) is 0 Å². The van der Waals surface area contributed by atoms with Crippen LogP contribution >= 0.6 is 0 Å². The number of furan rings is 1. The molecule has 3 N–H and O–H groups in total. The predicted molar refractivity (Wildman–Crippen MR) is 91.0 cm³/mol. The van der Waals surface area contributed by atoms with Gasteiger partial charge in [-0.2, -0.15) is 0 Å². The first-order chi connectivity index (χ1) is 12.1. The predicted octanol–water partition coefficient (Wildman–Crippen LogP) is 2.70. The second-order valence-electron chi connectivity index (χ2n) is 5.59. The second-order valence-corrected chi connectivity index (χ2v) is 5.59. The molecule has 134 valence electrons. The summed E-state index contributed by atoms with van der Waals surface area (Å²) >= 11 is 0. The third kappa shape index (κ3) is 6.29. The van der Waals surface area contributed by atoms with Gasteiger partial charge in [-0.25, -0.2) is 9.18 Å². The van der Waals surface area contributed by atoms with Gasteiger partial charge in [0.15, 0.2) is 0 Å². The zero-order chi connectivity index (χ0) is 18.1. The Morgan fingerprint density at radius 3 is 2.52 bits per heavy atom. The number of halogens is 1. The number of benzene rings is 1. The second kappa shape index (κ2) is 9.46. The van der Waals surface area contributed by atoms with Crippen molar-refractivity contribution in [3.8, 4) is 0 Å². The van der Waals surface area contributed by atoms with Crippen molar-refractivity contribution in [3.05, 3.63) is 59.8 Å². The van der Waals surface area contributed by atoms with E-state index < -0.39 is 12.1 Å². The van der Waals surface area contributed by atoms with E-state index in [0.29, 0.717) is 12.2 Å². The van der Waals surface area contributed by atoms with Crippen molar-refractivity contribution in [2.45, 2.75) is 38.9 Å². The lowest BCUT2D eigenvalue weighted by Gasteiger charge is -2.18. The third-order valence-electron chi connectivity index (χ3n) is 3.58. The average Bonchev–Trinajstić information content (AvgIpc) is 3.12. The number of hydrogen-bond donors (Lipinski definition) is 3. The van der Waals surface area contributed by atoms with Crippen LogP contribution < -0.4 is 16.0 Å². The molecular formula is C18H22FN3O3. The quantitative estimate of drug-likeness (QED) is 0.686. The van der Waals surface area contributed by atoms with Crippen LogP contribution in [0.5, 0.6) is 0 Å². The molecule has 0 fully saturated rings. The molecule has 2 rings (SSSR count). The Hall–Kier alpha value is -2.83. The van der Waals surface area contributed by atoms with Gasteiger partial charge in [-0.3, -0.25) is 4.79 Å². The van der Waals surface area contributed by atoms with E-state index in [1.807, 2.05) is 6.92 Å². The molecule has 0 bridgehead atoms. The number of rotatable bonds is 8. The Kier molecular flexibility index (Phi) is 7.00. The van der Waals surface area contributed by atoms with Gasteiger partial charge in [0.25, 0.3) is 0 Å². The fourth-order valence-corrected chi connectivity index (χ4v) is 2.26. The minimum atomic E-state index is -0.631. The largest absolute Gasteiger partial charge is 0.467 e. The SMILES string of the molecule is CCCC(NC(=O)NCc1ccc(F)cc1)C(=O)NCc1ccco1. The number of hydrogen-bond acceptors (Lipinski definition) is 3. The Morgan fingerprint density at radius 2 is 1.88 bits per heavy atom. The van der Waals surface area contributed by atoms with Crippen LogP contribution in [0.1, 0.15) is 31.1 Å². The maximum absolute atomic E-state index is 12.9. The van der Waals surface area contributed by atoms with Gasteiger partial charge in [-0.15, -0.1) is 0 Å². The summed E-state index contributed by atoms with van der Waals surface area (Å²) in [6.07, 6.45) is 2.80. The van der Waals surface area contributed by atoms with Gasteiger partial charge in [0.05, 0.1) is 12.8 Å². The molecule has 1 atom stereocenters. The highest BCUT2D eigenvalue weighted by molar-refractivity contribution is 5.86. The van der Waals surface area contributed by atoms with E-state index in [4.69, 9.17) is 4.42 Å². The summed E-state index contributed by atoms with van der Waals surface area (Å²) in [6.45, 7) is 2.45. The number of carbonyl (C=O) groups excluding carboxylic acids is 2. The zero-order valence-corrected chi connectivity index (χ0v) is 14.0. The molecule has 0 aliphatic rings. The van der Waals surface area contributed by atoms with Gasteiger partial charge < -0.3 is 20.4 Å². The molecule has 0 spiro atoms. The summed E-state index contributed by atoms with van der Waals surface area (Å²) in [5, 5.41) is 8.06. The van der Waals surface area contributed by atoms with Crippen LogP contribution in [-0.4, -0.2) is 18.0 Å². The molecular weight excluding hydrogens is 325 g/mol. The van der Waals surface area contributed by atoms with Crippen LogP contribution in [-0.2, 0) is 17.9 Å². The number of amides is 3. The van der Waals surface area contributed by atoms with Crippen LogP contribution in [0.4, 0.5) is 9.18 Å². The number of carbonyl (C=O) groups is 2. The Bertz CT molecular complexity index is 671. The molecule has 7 heteroatoms. The van der Waals surface area contributed by atoms with Crippen molar-refractivity contribution in [3.63, 3.8) is 0 Å². The molecule has 1 aromatic carbocycles. The monoisotopic (exact) mass is 347 g/mol. The van der Waals surface area contributed by atoms with E-state index in [2.05, 4.69) is 16.0 Å². The molecule has 3 amide bonds. The summed E-state index contributed by atoms with van der Waals surface area (Å²) in [7, 11) is 0.